The van der Waals surface area contributed by atoms with E-state index in [1.165, 1.54) is 18.4 Å². The maximum absolute atomic E-state index is 9.07. The summed E-state index contributed by atoms with van der Waals surface area (Å²) in [6.07, 6.45) is 4.63. The van der Waals surface area contributed by atoms with Gasteiger partial charge in [0.05, 0.1) is 6.61 Å². The molecule has 3 heteroatoms. The van der Waals surface area contributed by atoms with Gasteiger partial charge in [-0.15, -0.1) is 0 Å². The van der Waals surface area contributed by atoms with E-state index in [2.05, 4.69) is 17.4 Å². The van der Waals surface area contributed by atoms with E-state index in [0.717, 1.165) is 24.9 Å². The van der Waals surface area contributed by atoms with Gasteiger partial charge in [0.2, 0.25) is 0 Å². The topological polar surface area (TPSA) is 58.3 Å². The highest BCUT2D eigenvalue weighted by atomic mass is 16.3. The fourth-order valence-corrected chi connectivity index (χ4v) is 2.42. The third-order valence-corrected chi connectivity index (χ3v) is 3.54. The van der Waals surface area contributed by atoms with Crippen molar-refractivity contribution >= 4 is 0 Å². The van der Waals surface area contributed by atoms with Crippen LogP contribution in [0.4, 0.5) is 0 Å². The van der Waals surface area contributed by atoms with Crippen LogP contribution in [0.25, 0.3) is 0 Å². The van der Waals surface area contributed by atoms with E-state index >= 15 is 0 Å². The molecule has 1 aliphatic rings. The Kier molecular flexibility index (Phi) is 4.54. The van der Waals surface area contributed by atoms with E-state index in [1.807, 2.05) is 12.1 Å². The molecule has 0 heterocycles. The number of benzene rings is 1. The van der Waals surface area contributed by atoms with E-state index in [-0.39, 0.29) is 6.61 Å². The SMILES string of the molecule is NC1CCC(NCc2cccc(CO)c2)CC1. The fraction of sp³-hybridized carbons (Fsp3) is 0.571. The Labute approximate surface area is 103 Å². The fourth-order valence-electron chi connectivity index (χ4n) is 2.42. The van der Waals surface area contributed by atoms with Crippen molar-refractivity contribution in [1.29, 1.82) is 0 Å². The molecule has 0 aromatic heterocycles. The largest absolute Gasteiger partial charge is 0.392 e. The van der Waals surface area contributed by atoms with Crippen LogP contribution >= 0.6 is 0 Å². The van der Waals surface area contributed by atoms with Crippen LogP contribution in [0.2, 0.25) is 0 Å². The first-order chi connectivity index (χ1) is 8.28. The molecule has 2 rings (SSSR count). The highest BCUT2D eigenvalue weighted by Gasteiger charge is 2.17. The summed E-state index contributed by atoms with van der Waals surface area (Å²) in [4.78, 5) is 0. The predicted octanol–water partition coefficient (Wildman–Crippen LogP) is 1.54. The summed E-state index contributed by atoms with van der Waals surface area (Å²) in [6, 6.07) is 9.11. The third kappa shape index (κ3) is 3.80. The molecule has 0 amide bonds. The normalized spacial score (nSPS) is 24.8. The van der Waals surface area contributed by atoms with Crippen molar-refractivity contribution in [2.75, 3.05) is 0 Å². The van der Waals surface area contributed by atoms with Crippen LogP contribution in [-0.4, -0.2) is 17.2 Å². The molecule has 0 radical (unpaired) electrons. The minimum atomic E-state index is 0.117. The van der Waals surface area contributed by atoms with Crippen LogP contribution in [-0.2, 0) is 13.2 Å². The van der Waals surface area contributed by atoms with Crippen LogP contribution in [0.5, 0.6) is 0 Å². The van der Waals surface area contributed by atoms with Crippen molar-refractivity contribution in [2.24, 2.45) is 5.73 Å². The Morgan fingerprint density at radius 1 is 1.18 bits per heavy atom. The molecular formula is C14H22N2O. The van der Waals surface area contributed by atoms with Crippen LogP contribution in [0, 0.1) is 0 Å². The summed E-state index contributed by atoms with van der Waals surface area (Å²) in [5.74, 6) is 0. The number of nitrogens with one attached hydrogen (secondary N) is 1. The molecule has 1 saturated carbocycles. The number of aliphatic hydroxyl groups is 1. The average molecular weight is 234 g/mol. The van der Waals surface area contributed by atoms with Gasteiger partial charge in [0.1, 0.15) is 0 Å². The molecule has 17 heavy (non-hydrogen) atoms. The summed E-state index contributed by atoms with van der Waals surface area (Å²) >= 11 is 0. The van der Waals surface area contributed by atoms with Gasteiger partial charge in [-0.05, 0) is 36.8 Å². The van der Waals surface area contributed by atoms with Crippen LogP contribution < -0.4 is 11.1 Å². The van der Waals surface area contributed by atoms with E-state index in [9.17, 15) is 0 Å². The molecule has 94 valence electrons. The van der Waals surface area contributed by atoms with Crippen molar-refractivity contribution in [3.63, 3.8) is 0 Å². The van der Waals surface area contributed by atoms with Gasteiger partial charge in [0, 0.05) is 18.6 Å². The van der Waals surface area contributed by atoms with Crippen molar-refractivity contribution in [2.45, 2.75) is 50.9 Å². The maximum Gasteiger partial charge on any atom is 0.0681 e. The number of rotatable bonds is 4. The molecule has 0 atom stereocenters. The second-order valence-electron chi connectivity index (χ2n) is 4.97. The minimum absolute atomic E-state index is 0.117. The molecule has 0 aliphatic heterocycles. The Balaban J connectivity index is 1.81. The summed E-state index contributed by atoms with van der Waals surface area (Å²) < 4.78 is 0. The van der Waals surface area contributed by atoms with Gasteiger partial charge in [-0.3, -0.25) is 0 Å². The Morgan fingerprint density at radius 3 is 2.59 bits per heavy atom. The molecule has 0 bridgehead atoms. The Bertz CT molecular complexity index is 346. The van der Waals surface area contributed by atoms with E-state index < -0.39 is 0 Å². The van der Waals surface area contributed by atoms with Gasteiger partial charge >= 0.3 is 0 Å². The second-order valence-corrected chi connectivity index (χ2v) is 4.97. The predicted molar refractivity (Wildman–Crippen MR) is 69.4 cm³/mol. The zero-order chi connectivity index (χ0) is 12.1. The molecule has 1 aromatic carbocycles. The summed E-state index contributed by atoms with van der Waals surface area (Å²) in [6.45, 7) is 1.000. The molecule has 1 aromatic rings. The van der Waals surface area contributed by atoms with Crippen molar-refractivity contribution in [3.8, 4) is 0 Å². The zero-order valence-electron chi connectivity index (χ0n) is 10.2. The maximum atomic E-state index is 9.07. The molecule has 0 spiro atoms. The smallest absolute Gasteiger partial charge is 0.0681 e. The lowest BCUT2D eigenvalue weighted by Crippen LogP contribution is -2.37. The zero-order valence-corrected chi connectivity index (χ0v) is 10.2. The summed E-state index contributed by atoms with van der Waals surface area (Å²) in [7, 11) is 0. The lowest BCUT2D eigenvalue weighted by Gasteiger charge is -2.27. The van der Waals surface area contributed by atoms with Gasteiger partial charge in [0.25, 0.3) is 0 Å². The average Bonchev–Trinajstić information content (AvgIpc) is 2.38. The summed E-state index contributed by atoms with van der Waals surface area (Å²) in [5.41, 5.74) is 8.11. The van der Waals surface area contributed by atoms with Crippen molar-refractivity contribution in [1.82, 2.24) is 5.32 Å². The number of hydrogen-bond acceptors (Lipinski definition) is 3. The molecular weight excluding hydrogens is 212 g/mol. The van der Waals surface area contributed by atoms with Crippen LogP contribution in [0.15, 0.2) is 24.3 Å². The Hall–Kier alpha value is -0.900. The van der Waals surface area contributed by atoms with Gasteiger partial charge in [-0.25, -0.2) is 0 Å². The molecule has 1 aliphatic carbocycles. The summed E-state index contributed by atoms with van der Waals surface area (Å²) in [5, 5.41) is 12.6. The highest BCUT2D eigenvalue weighted by Crippen LogP contribution is 2.17. The number of hydrogen-bond donors (Lipinski definition) is 3. The highest BCUT2D eigenvalue weighted by molar-refractivity contribution is 5.22. The number of nitrogens with two attached hydrogens (primary N) is 1. The first-order valence-corrected chi connectivity index (χ1v) is 6.45. The first kappa shape index (κ1) is 12.6. The van der Waals surface area contributed by atoms with Crippen molar-refractivity contribution in [3.05, 3.63) is 35.4 Å². The first-order valence-electron chi connectivity index (χ1n) is 6.45. The molecule has 0 saturated heterocycles. The monoisotopic (exact) mass is 234 g/mol. The van der Waals surface area contributed by atoms with Gasteiger partial charge in [-0.1, -0.05) is 24.3 Å². The van der Waals surface area contributed by atoms with Crippen molar-refractivity contribution < 1.29 is 5.11 Å². The van der Waals surface area contributed by atoms with E-state index in [1.54, 1.807) is 0 Å². The Morgan fingerprint density at radius 2 is 1.88 bits per heavy atom. The van der Waals surface area contributed by atoms with E-state index in [0.29, 0.717) is 12.1 Å². The van der Waals surface area contributed by atoms with Gasteiger partial charge in [-0.2, -0.15) is 0 Å². The van der Waals surface area contributed by atoms with Crippen LogP contribution in [0.3, 0.4) is 0 Å². The number of aliphatic hydroxyl groups excluding tert-OH is 1. The molecule has 4 N–H and O–H groups in total. The second kappa shape index (κ2) is 6.15. The molecule has 0 unspecified atom stereocenters. The lowest BCUT2D eigenvalue weighted by atomic mass is 9.92. The molecule has 1 fully saturated rings. The van der Waals surface area contributed by atoms with Gasteiger partial charge in [0.15, 0.2) is 0 Å². The van der Waals surface area contributed by atoms with Gasteiger partial charge < -0.3 is 16.2 Å². The van der Waals surface area contributed by atoms with Crippen LogP contribution in [0.1, 0.15) is 36.8 Å². The quantitative estimate of drug-likeness (QED) is 0.740. The lowest BCUT2D eigenvalue weighted by molar-refractivity contribution is 0.281. The standard InChI is InChI=1S/C14H22N2O/c15-13-4-6-14(7-5-13)16-9-11-2-1-3-12(8-11)10-17/h1-3,8,13-14,16-17H,4-7,9-10,15H2. The molecule has 3 nitrogen and oxygen atoms in total. The minimum Gasteiger partial charge on any atom is -0.392 e. The van der Waals surface area contributed by atoms with E-state index in [4.69, 9.17) is 10.8 Å². The third-order valence-electron chi connectivity index (χ3n) is 3.54.